The Labute approximate surface area is 72.0 Å². The highest BCUT2D eigenvalue weighted by Gasteiger charge is 2.44. The number of rotatable bonds is 0. The highest BCUT2D eigenvalue weighted by Crippen LogP contribution is 2.40. The minimum atomic E-state index is -0.698. The molecule has 2 rings (SSSR count). The smallest absolute Gasteiger partial charge is 0.0852 e. The van der Waals surface area contributed by atoms with Crippen molar-refractivity contribution in [2.45, 2.75) is 44.0 Å². The fourth-order valence-electron chi connectivity index (χ4n) is 2.67. The van der Waals surface area contributed by atoms with Crippen LogP contribution in [0.3, 0.4) is 0 Å². The summed E-state index contributed by atoms with van der Waals surface area (Å²) in [5.41, 5.74) is 0. The van der Waals surface area contributed by atoms with Crippen LogP contribution in [-0.4, -0.2) is 33.6 Å². The molecule has 2 aliphatic rings. The van der Waals surface area contributed by atoms with Gasteiger partial charge in [-0.25, -0.2) is 0 Å². The monoisotopic (exact) mass is 172 g/mol. The largest absolute Gasteiger partial charge is 0.392 e. The van der Waals surface area contributed by atoms with Gasteiger partial charge in [0.2, 0.25) is 0 Å². The van der Waals surface area contributed by atoms with E-state index in [-0.39, 0.29) is 17.9 Å². The van der Waals surface area contributed by atoms with Crippen LogP contribution < -0.4 is 0 Å². The molecule has 70 valence electrons. The van der Waals surface area contributed by atoms with Gasteiger partial charge < -0.3 is 15.3 Å². The first-order valence-corrected chi connectivity index (χ1v) is 4.74. The minimum absolute atomic E-state index is 0.0764. The van der Waals surface area contributed by atoms with Crippen molar-refractivity contribution in [1.82, 2.24) is 0 Å². The van der Waals surface area contributed by atoms with Crippen LogP contribution in [-0.2, 0) is 0 Å². The van der Waals surface area contributed by atoms with Crippen LogP contribution in [0.5, 0.6) is 0 Å². The lowest BCUT2D eigenvalue weighted by Crippen LogP contribution is -2.51. The number of hydrogen-bond donors (Lipinski definition) is 3. The molecule has 0 amide bonds. The van der Waals surface area contributed by atoms with Gasteiger partial charge in [-0.15, -0.1) is 0 Å². The Morgan fingerprint density at radius 1 is 0.917 bits per heavy atom. The van der Waals surface area contributed by atoms with E-state index >= 15 is 0 Å². The number of aliphatic hydroxyl groups excluding tert-OH is 3. The van der Waals surface area contributed by atoms with E-state index in [0.29, 0.717) is 6.42 Å². The molecule has 0 aromatic carbocycles. The molecule has 5 atom stereocenters. The Bertz CT molecular complexity index is 167. The Hall–Kier alpha value is -0.120. The van der Waals surface area contributed by atoms with Gasteiger partial charge in [-0.3, -0.25) is 0 Å². The van der Waals surface area contributed by atoms with E-state index in [0.717, 1.165) is 19.3 Å². The highest BCUT2D eigenvalue weighted by atomic mass is 16.3. The second-order valence-electron chi connectivity index (χ2n) is 4.14. The lowest BCUT2D eigenvalue weighted by atomic mass is 9.67. The molecule has 0 heterocycles. The third kappa shape index (κ3) is 1.16. The maximum atomic E-state index is 9.71. The van der Waals surface area contributed by atoms with E-state index in [1.165, 1.54) is 0 Å². The van der Waals surface area contributed by atoms with Crippen molar-refractivity contribution in [1.29, 1.82) is 0 Å². The predicted molar refractivity (Wildman–Crippen MR) is 43.5 cm³/mol. The predicted octanol–water partition coefficient (Wildman–Crippen LogP) is -0.111. The van der Waals surface area contributed by atoms with Gasteiger partial charge in [-0.1, -0.05) is 6.42 Å². The Morgan fingerprint density at radius 3 is 2.42 bits per heavy atom. The summed E-state index contributed by atoms with van der Waals surface area (Å²) in [7, 11) is 0. The molecule has 0 aromatic rings. The van der Waals surface area contributed by atoms with E-state index < -0.39 is 12.2 Å². The molecular weight excluding hydrogens is 156 g/mol. The van der Waals surface area contributed by atoms with Gasteiger partial charge in [0.1, 0.15) is 0 Å². The van der Waals surface area contributed by atoms with E-state index in [1.54, 1.807) is 0 Å². The summed E-state index contributed by atoms with van der Waals surface area (Å²) in [6.45, 7) is 0. The Kier molecular flexibility index (Phi) is 2.10. The Balaban J connectivity index is 2.14. The fraction of sp³-hybridized carbons (Fsp3) is 1.00. The summed E-state index contributed by atoms with van der Waals surface area (Å²) in [5.74, 6) is 0.148. The van der Waals surface area contributed by atoms with Gasteiger partial charge in [0.05, 0.1) is 18.3 Å². The zero-order chi connectivity index (χ0) is 8.72. The summed E-state index contributed by atoms with van der Waals surface area (Å²) in [5, 5.41) is 28.7. The van der Waals surface area contributed by atoms with Crippen molar-refractivity contribution in [2.24, 2.45) is 11.8 Å². The van der Waals surface area contributed by atoms with Crippen molar-refractivity contribution < 1.29 is 15.3 Å². The molecule has 2 bridgehead atoms. The third-order valence-electron chi connectivity index (χ3n) is 3.41. The molecule has 0 unspecified atom stereocenters. The molecule has 0 aromatic heterocycles. The van der Waals surface area contributed by atoms with E-state index in [9.17, 15) is 15.3 Å². The van der Waals surface area contributed by atoms with Gasteiger partial charge in [0, 0.05) is 5.92 Å². The molecule has 3 heteroatoms. The van der Waals surface area contributed by atoms with Crippen molar-refractivity contribution in [3.8, 4) is 0 Å². The highest BCUT2D eigenvalue weighted by molar-refractivity contribution is 4.95. The normalized spacial score (nSPS) is 53.8. The van der Waals surface area contributed by atoms with Crippen LogP contribution in [0.2, 0.25) is 0 Å². The van der Waals surface area contributed by atoms with Gasteiger partial charge in [-0.05, 0) is 25.2 Å². The number of fused-ring (bicyclic) bond motifs is 2. The second-order valence-corrected chi connectivity index (χ2v) is 4.14. The van der Waals surface area contributed by atoms with E-state index in [1.807, 2.05) is 0 Å². The van der Waals surface area contributed by atoms with Crippen molar-refractivity contribution in [2.75, 3.05) is 0 Å². The first-order chi connectivity index (χ1) is 5.70. The molecule has 0 saturated heterocycles. The van der Waals surface area contributed by atoms with Crippen molar-refractivity contribution in [3.05, 3.63) is 0 Å². The average molecular weight is 172 g/mol. The number of aliphatic hydroxyl groups is 3. The standard InChI is InChI=1S/C9H16O3/c10-7-4-5-2-1-3-6(8(5)11)9(7)12/h5-12H,1-4H2/t5-,6-,7+,8+,9+/m0/s1. The molecule has 3 N–H and O–H groups in total. The van der Waals surface area contributed by atoms with Gasteiger partial charge >= 0.3 is 0 Å². The van der Waals surface area contributed by atoms with E-state index in [4.69, 9.17) is 0 Å². The summed E-state index contributed by atoms with van der Waals surface area (Å²) in [4.78, 5) is 0. The first kappa shape index (κ1) is 8.48. The van der Waals surface area contributed by atoms with Gasteiger partial charge in [0.25, 0.3) is 0 Å². The van der Waals surface area contributed by atoms with Crippen LogP contribution >= 0.6 is 0 Å². The fourth-order valence-corrected chi connectivity index (χ4v) is 2.67. The topological polar surface area (TPSA) is 60.7 Å². The maximum absolute atomic E-state index is 9.71. The first-order valence-electron chi connectivity index (χ1n) is 4.74. The molecule has 0 aliphatic heterocycles. The maximum Gasteiger partial charge on any atom is 0.0852 e. The quantitative estimate of drug-likeness (QED) is 0.478. The van der Waals surface area contributed by atoms with Gasteiger partial charge in [-0.2, -0.15) is 0 Å². The van der Waals surface area contributed by atoms with Crippen LogP contribution in [0.25, 0.3) is 0 Å². The zero-order valence-corrected chi connectivity index (χ0v) is 7.06. The number of hydrogen-bond acceptors (Lipinski definition) is 3. The van der Waals surface area contributed by atoms with Crippen LogP contribution in [0.15, 0.2) is 0 Å². The Morgan fingerprint density at radius 2 is 1.67 bits per heavy atom. The van der Waals surface area contributed by atoms with Gasteiger partial charge in [0.15, 0.2) is 0 Å². The van der Waals surface area contributed by atoms with Crippen LogP contribution in [0.1, 0.15) is 25.7 Å². The lowest BCUT2D eigenvalue weighted by Gasteiger charge is -2.44. The average Bonchev–Trinajstić information content (AvgIpc) is 2.04. The van der Waals surface area contributed by atoms with E-state index in [2.05, 4.69) is 0 Å². The van der Waals surface area contributed by atoms with Crippen molar-refractivity contribution >= 4 is 0 Å². The molecule has 12 heavy (non-hydrogen) atoms. The zero-order valence-electron chi connectivity index (χ0n) is 7.06. The molecular formula is C9H16O3. The SMILES string of the molecule is O[C@@H]1[C@H]2CCC[C@@H]1[C@@H](O)[C@H](O)C2. The van der Waals surface area contributed by atoms with Crippen LogP contribution in [0, 0.1) is 11.8 Å². The summed E-state index contributed by atoms with van der Waals surface area (Å²) in [6, 6.07) is 0. The second kappa shape index (κ2) is 2.98. The minimum Gasteiger partial charge on any atom is -0.392 e. The molecule has 2 fully saturated rings. The van der Waals surface area contributed by atoms with Crippen molar-refractivity contribution in [3.63, 3.8) is 0 Å². The van der Waals surface area contributed by atoms with Crippen LogP contribution in [0.4, 0.5) is 0 Å². The summed E-state index contributed by atoms with van der Waals surface area (Å²) < 4.78 is 0. The molecule has 2 aliphatic carbocycles. The molecule has 2 saturated carbocycles. The summed E-state index contributed by atoms with van der Waals surface area (Å²) in [6.07, 6.45) is 1.82. The molecule has 3 nitrogen and oxygen atoms in total. The lowest BCUT2D eigenvalue weighted by molar-refractivity contribution is -0.138. The molecule has 0 radical (unpaired) electrons. The third-order valence-corrected chi connectivity index (χ3v) is 3.41. The molecule has 0 spiro atoms. The summed E-state index contributed by atoms with van der Waals surface area (Å²) >= 11 is 0.